The average molecular weight is 387 g/mol. The van der Waals surface area contributed by atoms with Crippen molar-refractivity contribution in [3.05, 3.63) is 0 Å². The van der Waals surface area contributed by atoms with E-state index in [4.69, 9.17) is 9.84 Å². The number of unbranched alkanes of at least 4 members (excludes halogenated alkanes) is 14. The van der Waals surface area contributed by atoms with Crippen molar-refractivity contribution in [2.75, 3.05) is 33.4 Å². The van der Waals surface area contributed by atoms with Gasteiger partial charge in [-0.25, -0.2) is 0 Å². The molecule has 0 bridgehead atoms. The van der Waals surface area contributed by atoms with Crippen LogP contribution in [0.3, 0.4) is 0 Å². The summed E-state index contributed by atoms with van der Waals surface area (Å²) >= 11 is 0. The number of carbonyl (C=O) groups excluding carboxylic acids is 1. The fraction of sp³-hybridized carbons (Fsp3) is 0.957. The van der Waals surface area contributed by atoms with Crippen LogP contribution in [-0.4, -0.2) is 44.4 Å². The fourth-order valence-electron chi connectivity index (χ4n) is 3.37. The second kappa shape index (κ2) is 21.7. The molecule has 27 heavy (non-hydrogen) atoms. The number of carbonyl (C=O) groups is 1. The standard InChI is InChI=1S/C23H47NO3/c1-3-4-5-6-7-8-9-10-11-12-13-14-15-16-17-18-23(26)27-22-20-24(2)19-21-25/h25H,3-22H2,1-2H3/p+1. The lowest BCUT2D eigenvalue weighted by molar-refractivity contribution is -0.880. The van der Waals surface area contributed by atoms with Gasteiger partial charge in [-0.3, -0.25) is 4.79 Å². The Morgan fingerprint density at radius 2 is 1.19 bits per heavy atom. The summed E-state index contributed by atoms with van der Waals surface area (Å²) in [5.41, 5.74) is 0. The zero-order valence-electron chi connectivity index (χ0n) is 18.4. The SMILES string of the molecule is CCCCCCCCCCCCCCCCCC(=O)OCC[NH+](C)CCO. The topological polar surface area (TPSA) is 51.0 Å². The molecule has 162 valence electrons. The summed E-state index contributed by atoms with van der Waals surface area (Å²) in [6.07, 6.45) is 20.6. The molecular formula is C23H48NO3+. The van der Waals surface area contributed by atoms with E-state index >= 15 is 0 Å². The van der Waals surface area contributed by atoms with Crippen molar-refractivity contribution in [1.82, 2.24) is 0 Å². The van der Waals surface area contributed by atoms with E-state index < -0.39 is 0 Å². The number of likely N-dealkylation sites (N-methyl/N-ethyl adjacent to an activating group) is 1. The van der Waals surface area contributed by atoms with E-state index in [1.165, 1.54) is 88.4 Å². The van der Waals surface area contributed by atoms with Gasteiger partial charge in [-0.05, 0) is 6.42 Å². The number of hydrogen-bond donors (Lipinski definition) is 2. The Balaban J connectivity index is 3.16. The summed E-state index contributed by atoms with van der Waals surface area (Å²) < 4.78 is 5.24. The molecule has 1 unspecified atom stereocenters. The Bertz CT molecular complexity index is 310. The largest absolute Gasteiger partial charge is 0.460 e. The molecule has 0 fully saturated rings. The van der Waals surface area contributed by atoms with E-state index in [0.29, 0.717) is 19.6 Å². The van der Waals surface area contributed by atoms with Gasteiger partial charge in [0.25, 0.3) is 0 Å². The van der Waals surface area contributed by atoms with Crippen LogP contribution in [0.4, 0.5) is 0 Å². The van der Waals surface area contributed by atoms with E-state index in [0.717, 1.165) is 19.4 Å². The second-order valence-electron chi connectivity index (χ2n) is 8.10. The van der Waals surface area contributed by atoms with Crippen molar-refractivity contribution in [1.29, 1.82) is 0 Å². The molecule has 0 radical (unpaired) electrons. The van der Waals surface area contributed by atoms with Crippen molar-refractivity contribution >= 4 is 5.97 Å². The number of quaternary nitrogens is 1. The Morgan fingerprint density at radius 3 is 1.63 bits per heavy atom. The number of esters is 1. The molecule has 0 aromatic carbocycles. The van der Waals surface area contributed by atoms with Crippen LogP contribution in [0.5, 0.6) is 0 Å². The molecule has 4 nitrogen and oxygen atoms in total. The molecule has 4 heteroatoms. The van der Waals surface area contributed by atoms with E-state index in [1.807, 2.05) is 7.05 Å². The third-order valence-electron chi connectivity index (χ3n) is 5.31. The van der Waals surface area contributed by atoms with E-state index in [1.54, 1.807) is 0 Å². The minimum Gasteiger partial charge on any atom is -0.460 e. The molecule has 0 aliphatic heterocycles. The van der Waals surface area contributed by atoms with Gasteiger partial charge in [0.05, 0.1) is 13.7 Å². The van der Waals surface area contributed by atoms with Gasteiger partial charge in [-0.1, -0.05) is 96.8 Å². The van der Waals surface area contributed by atoms with Gasteiger partial charge >= 0.3 is 5.97 Å². The number of ether oxygens (including phenoxy) is 1. The summed E-state index contributed by atoms with van der Waals surface area (Å²) in [5, 5.41) is 8.82. The molecule has 0 amide bonds. The predicted molar refractivity (Wildman–Crippen MR) is 114 cm³/mol. The maximum Gasteiger partial charge on any atom is 0.305 e. The molecule has 0 aromatic rings. The molecule has 0 aliphatic rings. The molecule has 0 heterocycles. The van der Waals surface area contributed by atoms with Crippen LogP contribution in [0, 0.1) is 0 Å². The lowest BCUT2D eigenvalue weighted by atomic mass is 10.0. The molecule has 0 saturated heterocycles. The number of rotatable bonds is 21. The van der Waals surface area contributed by atoms with E-state index in [9.17, 15) is 4.79 Å². The molecule has 2 N–H and O–H groups in total. The average Bonchev–Trinajstić information content (AvgIpc) is 2.65. The number of aliphatic hydroxyl groups excluding tert-OH is 1. The first kappa shape index (κ1) is 26.4. The van der Waals surface area contributed by atoms with Crippen molar-refractivity contribution in [3.63, 3.8) is 0 Å². The highest BCUT2D eigenvalue weighted by Gasteiger charge is 2.05. The molecule has 1 atom stereocenters. The van der Waals surface area contributed by atoms with Crippen molar-refractivity contribution in [2.24, 2.45) is 0 Å². The maximum atomic E-state index is 11.6. The van der Waals surface area contributed by atoms with Gasteiger partial charge in [0.2, 0.25) is 0 Å². The minimum absolute atomic E-state index is 0.0681. The van der Waals surface area contributed by atoms with Crippen LogP contribution >= 0.6 is 0 Å². The number of aliphatic hydroxyl groups is 1. The smallest absolute Gasteiger partial charge is 0.305 e. The summed E-state index contributed by atoms with van der Waals surface area (Å²) in [4.78, 5) is 12.8. The van der Waals surface area contributed by atoms with Crippen molar-refractivity contribution in [3.8, 4) is 0 Å². The summed E-state index contributed by atoms with van der Waals surface area (Å²) in [5.74, 6) is -0.0681. The maximum absolute atomic E-state index is 11.6. The molecular weight excluding hydrogens is 338 g/mol. The third kappa shape index (κ3) is 21.5. The first-order valence-corrected chi connectivity index (χ1v) is 11.8. The Kier molecular flexibility index (Phi) is 21.2. The zero-order chi connectivity index (χ0) is 20.0. The highest BCUT2D eigenvalue weighted by Crippen LogP contribution is 2.13. The molecule has 0 saturated carbocycles. The van der Waals surface area contributed by atoms with Crippen LogP contribution < -0.4 is 4.90 Å². The molecule has 0 aliphatic carbocycles. The van der Waals surface area contributed by atoms with Gasteiger partial charge in [-0.15, -0.1) is 0 Å². The fourth-order valence-corrected chi connectivity index (χ4v) is 3.37. The molecule has 0 aromatic heterocycles. The van der Waals surface area contributed by atoms with Crippen LogP contribution in [0.15, 0.2) is 0 Å². The molecule has 0 spiro atoms. The van der Waals surface area contributed by atoms with Gasteiger partial charge in [0.1, 0.15) is 19.7 Å². The molecule has 0 rings (SSSR count). The lowest BCUT2D eigenvalue weighted by Crippen LogP contribution is -3.10. The first-order valence-electron chi connectivity index (χ1n) is 11.8. The Labute approximate surface area is 169 Å². The number of hydrogen-bond acceptors (Lipinski definition) is 3. The number of nitrogens with one attached hydrogen (secondary N) is 1. The van der Waals surface area contributed by atoms with Crippen LogP contribution in [0.1, 0.15) is 110 Å². The van der Waals surface area contributed by atoms with Crippen molar-refractivity contribution < 1.29 is 19.5 Å². The van der Waals surface area contributed by atoms with Gasteiger partial charge in [0.15, 0.2) is 0 Å². The second-order valence-corrected chi connectivity index (χ2v) is 8.10. The summed E-state index contributed by atoms with van der Waals surface area (Å²) in [6, 6.07) is 0. The van der Waals surface area contributed by atoms with E-state index in [2.05, 4.69) is 6.92 Å². The Hall–Kier alpha value is -0.610. The van der Waals surface area contributed by atoms with Crippen LogP contribution in [-0.2, 0) is 9.53 Å². The predicted octanol–water partition coefficient (Wildman–Crippen LogP) is 4.30. The van der Waals surface area contributed by atoms with Crippen LogP contribution in [0.25, 0.3) is 0 Å². The van der Waals surface area contributed by atoms with Crippen molar-refractivity contribution in [2.45, 2.75) is 110 Å². The van der Waals surface area contributed by atoms with Crippen LogP contribution in [0.2, 0.25) is 0 Å². The normalized spacial score (nSPS) is 12.3. The summed E-state index contributed by atoms with van der Waals surface area (Å²) in [6.45, 7) is 4.39. The monoisotopic (exact) mass is 386 g/mol. The zero-order valence-corrected chi connectivity index (χ0v) is 18.4. The first-order chi connectivity index (χ1) is 13.2. The van der Waals surface area contributed by atoms with Gasteiger partial charge in [0, 0.05) is 6.42 Å². The quantitative estimate of drug-likeness (QED) is 0.228. The highest BCUT2D eigenvalue weighted by molar-refractivity contribution is 5.69. The summed E-state index contributed by atoms with van der Waals surface area (Å²) in [7, 11) is 2.00. The van der Waals surface area contributed by atoms with E-state index in [-0.39, 0.29) is 12.6 Å². The van der Waals surface area contributed by atoms with Gasteiger partial charge in [-0.2, -0.15) is 0 Å². The third-order valence-corrected chi connectivity index (χ3v) is 5.31. The highest BCUT2D eigenvalue weighted by atomic mass is 16.5. The van der Waals surface area contributed by atoms with Gasteiger partial charge < -0.3 is 14.7 Å². The minimum atomic E-state index is -0.0681. The Morgan fingerprint density at radius 1 is 0.741 bits per heavy atom. The lowest BCUT2D eigenvalue weighted by Gasteiger charge is -2.12.